The van der Waals surface area contributed by atoms with E-state index in [-0.39, 0.29) is 50.9 Å². The highest BCUT2D eigenvalue weighted by atomic mass is 16.6. The van der Waals surface area contributed by atoms with E-state index < -0.39 is 17.6 Å². The molecular weight excluding hydrogens is 540 g/mol. The summed E-state index contributed by atoms with van der Waals surface area (Å²) in [4.78, 5) is 38.5. The molecule has 242 valence electrons. The molecule has 0 unspecified atom stereocenters. The second kappa shape index (κ2) is 10.6. The summed E-state index contributed by atoms with van der Waals surface area (Å²) in [6, 6.07) is 0. The van der Waals surface area contributed by atoms with Crippen LogP contribution in [0.15, 0.2) is 11.6 Å². The van der Waals surface area contributed by atoms with E-state index in [9.17, 15) is 14.4 Å². The highest BCUT2D eigenvalue weighted by Crippen LogP contribution is 2.76. The van der Waals surface area contributed by atoms with E-state index in [1.54, 1.807) is 0 Å². The molecule has 0 aromatic carbocycles. The average molecular weight is 599 g/mol. The topological polar surface area (TPSA) is 78.9 Å². The Hall–Kier alpha value is -1.85. The monoisotopic (exact) mass is 598 g/mol. The molecule has 0 aromatic rings. The number of rotatable bonds is 5. The molecule has 0 radical (unpaired) electrons. The van der Waals surface area contributed by atoms with Crippen molar-refractivity contribution in [1.29, 1.82) is 0 Å². The van der Waals surface area contributed by atoms with Crippen molar-refractivity contribution >= 4 is 17.9 Å². The molecule has 0 aliphatic heterocycles. The largest absolute Gasteiger partial charge is 0.465 e. The van der Waals surface area contributed by atoms with Crippen molar-refractivity contribution in [2.45, 2.75) is 146 Å². The van der Waals surface area contributed by atoms with Crippen LogP contribution >= 0.6 is 0 Å². The molecule has 6 heteroatoms. The summed E-state index contributed by atoms with van der Waals surface area (Å²) in [7, 11) is 0. The molecule has 6 nitrogen and oxygen atoms in total. The van der Waals surface area contributed by atoms with Gasteiger partial charge >= 0.3 is 17.9 Å². The van der Waals surface area contributed by atoms with Crippen LogP contribution in [0.3, 0.4) is 0 Å². The van der Waals surface area contributed by atoms with Crippen LogP contribution in [0.2, 0.25) is 0 Å². The summed E-state index contributed by atoms with van der Waals surface area (Å²) < 4.78 is 17.9. The van der Waals surface area contributed by atoms with Crippen molar-refractivity contribution in [3.63, 3.8) is 0 Å². The first-order valence-corrected chi connectivity index (χ1v) is 17.1. The van der Waals surface area contributed by atoms with Crippen molar-refractivity contribution in [3.8, 4) is 0 Å². The highest BCUT2D eigenvalue weighted by Gasteiger charge is 2.71. The van der Waals surface area contributed by atoms with Crippen molar-refractivity contribution in [2.24, 2.45) is 50.2 Å². The Bertz CT molecular complexity index is 1180. The van der Waals surface area contributed by atoms with Gasteiger partial charge in [-0.2, -0.15) is 0 Å². The summed E-state index contributed by atoms with van der Waals surface area (Å²) in [5.41, 5.74) is 0.868. The standard InChI is InChI=1S/C37H58O6/c1-11-20-41-31(40)37-18-16-32(4,5)21-26(37)25-12-13-29-34(8)22-27(42-23(2)38)30(43-24(3)39)33(6,7)28(34)14-15-36(29,10)35(25,9)17-19-37/h12,26-30H,11,13-22H2,1-10H3/t26-,27-,28-,29-,30-,34-,35+,36+,37+/m0/s1. The molecule has 9 atom stereocenters. The van der Waals surface area contributed by atoms with Gasteiger partial charge in [-0.05, 0) is 104 Å². The minimum atomic E-state index is -0.468. The first-order valence-electron chi connectivity index (χ1n) is 17.1. The van der Waals surface area contributed by atoms with Crippen molar-refractivity contribution < 1.29 is 28.6 Å². The Morgan fingerprint density at radius 2 is 1.49 bits per heavy atom. The lowest BCUT2D eigenvalue weighted by molar-refractivity contribution is -0.244. The van der Waals surface area contributed by atoms with Crippen LogP contribution < -0.4 is 0 Å². The number of ether oxygens (including phenoxy) is 3. The molecule has 0 amide bonds. The van der Waals surface area contributed by atoms with E-state index in [4.69, 9.17) is 14.2 Å². The molecule has 0 spiro atoms. The second-order valence-electron chi connectivity index (χ2n) is 17.2. The molecule has 43 heavy (non-hydrogen) atoms. The molecular formula is C37H58O6. The Labute approximate surface area is 260 Å². The molecule has 0 heterocycles. The van der Waals surface area contributed by atoms with Gasteiger partial charge in [0.05, 0.1) is 12.0 Å². The van der Waals surface area contributed by atoms with Crippen LogP contribution in [0.5, 0.6) is 0 Å². The number of esters is 3. The van der Waals surface area contributed by atoms with Gasteiger partial charge in [-0.25, -0.2) is 0 Å². The second-order valence-corrected chi connectivity index (χ2v) is 17.2. The number of allylic oxidation sites excluding steroid dienone is 2. The van der Waals surface area contributed by atoms with Crippen LogP contribution in [0.1, 0.15) is 133 Å². The van der Waals surface area contributed by atoms with Gasteiger partial charge in [0.25, 0.3) is 0 Å². The normalized spacial score (nSPS) is 44.3. The number of carbonyl (C=O) groups is 3. The van der Waals surface area contributed by atoms with Gasteiger partial charge in [0.15, 0.2) is 0 Å². The molecule has 4 saturated carbocycles. The van der Waals surface area contributed by atoms with Crippen molar-refractivity contribution in [3.05, 3.63) is 11.6 Å². The van der Waals surface area contributed by atoms with Crippen molar-refractivity contribution in [2.75, 3.05) is 6.61 Å². The number of fused-ring (bicyclic) bond motifs is 7. The van der Waals surface area contributed by atoms with Crippen LogP contribution in [0.25, 0.3) is 0 Å². The summed E-state index contributed by atoms with van der Waals surface area (Å²) in [6.07, 6.45) is 11.2. The third kappa shape index (κ3) is 4.82. The Balaban J connectivity index is 1.57. The van der Waals surface area contributed by atoms with Crippen molar-refractivity contribution in [1.82, 2.24) is 0 Å². The predicted molar refractivity (Wildman–Crippen MR) is 167 cm³/mol. The van der Waals surface area contributed by atoms with E-state index in [0.717, 1.165) is 57.8 Å². The maximum atomic E-state index is 13.9. The Morgan fingerprint density at radius 1 is 0.837 bits per heavy atom. The van der Waals surface area contributed by atoms with Crippen LogP contribution in [0, 0.1) is 50.2 Å². The van der Waals surface area contributed by atoms with Crippen LogP contribution in [-0.4, -0.2) is 36.7 Å². The van der Waals surface area contributed by atoms with Gasteiger partial charge in [-0.1, -0.05) is 67.0 Å². The summed E-state index contributed by atoms with van der Waals surface area (Å²) >= 11 is 0. The van der Waals surface area contributed by atoms with E-state index in [1.807, 2.05) is 0 Å². The Morgan fingerprint density at radius 3 is 2.12 bits per heavy atom. The third-order valence-electron chi connectivity index (χ3n) is 14.0. The quantitative estimate of drug-likeness (QED) is 0.180. The lowest BCUT2D eigenvalue weighted by Gasteiger charge is -2.71. The highest BCUT2D eigenvalue weighted by molar-refractivity contribution is 5.79. The van der Waals surface area contributed by atoms with Crippen LogP contribution in [-0.2, 0) is 28.6 Å². The van der Waals surface area contributed by atoms with Gasteiger partial charge in [0.1, 0.15) is 12.2 Å². The molecule has 5 aliphatic rings. The number of hydrogen-bond donors (Lipinski definition) is 0. The third-order valence-corrected chi connectivity index (χ3v) is 14.0. The average Bonchev–Trinajstić information content (AvgIpc) is 2.89. The number of hydrogen-bond acceptors (Lipinski definition) is 6. The van der Waals surface area contributed by atoms with Gasteiger partial charge < -0.3 is 14.2 Å². The molecule has 0 aromatic heterocycles. The zero-order valence-electron chi connectivity index (χ0n) is 28.7. The fourth-order valence-corrected chi connectivity index (χ4v) is 11.8. The smallest absolute Gasteiger partial charge is 0.312 e. The minimum Gasteiger partial charge on any atom is -0.465 e. The summed E-state index contributed by atoms with van der Waals surface area (Å²) in [5.74, 6) is 0.320. The predicted octanol–water partition coefficient (Wildman–Crippen LogP) is 8.21. The maximum Gasteiger partial charge on any atom is 0.312 e. The number of carbonyl (C=O) groups excluding carboxylic acids is 3. The zero-order valence-corrected chi connectivity index (χ0v) is 28.7. The van der Waals surface area contributed by atoms with Gasteiger partial charge in [0.2, 0.25) is 0 Å². The lowest BCUT2D eigenvalue weighted by Crippen LogP contribution is -2.67. The maximum absolute atomic E-state index is 13.9. The molecule has 0 saturated heterocycles. The fraction of sp³-hybridized carbons (Fsp3) is 0.865. The van der Waals surface area contributed by atoms with Gasteiger partial charge in [-0.15, -0.1) is 0 Å². The molecule has 0 N–H and O–H groups in total. The van der Waals surface area contributed by atoms with E-state index >= 15 is 0 Å². The van der Waals surface area contributed by atoms with E-state index in [0.29, 0.717) is 24.9 Å². The van der Waals surface area contributed by atoms with Gasteiger partial charge in [-0.3, -0.25) is 14.4 Å². The minimum absolute atomic E-state index is 0.0235. The molecule has 5 rings (SSSR count). The van der Waals surface area contributed by atoms with Crippen LogP contribution in [0.4, 0.5) is 0 Å². The Kier molecular flexibility index (Phi) is 8.03. The zero-order chi connectivity index (χ0) is 31.8. The molecule has 0 bridgehead atoms. The lowest BCUT2D eigenvalue weighted by atomic mass is 9.33. The first kappa shape index (κ1) is 32.5. The SMILES string of the molecule is CCCOC(=O)[C@@]12CCC(C)(C)C[C@H]1C1=CC[C@H]3[C@@]4(C)C[C@H](OC(C)=O)[C@H](OC(C)=O)C(C)(C)[C@@H]4CC[C@@]3(C)[C@]1(C)CC2. The van der Waals surface area contributed by atoms with E-state index in [1.165, 1.54) is 19.4 Å². The first-order chi connectivity index (χ1) is 19.9. The molecule has 5 aliphatic carbocycles. The summed E-state index contributed by atoms with van der Waals surface area (Å²) in [6.45, 7) is 22.1. The summed E-state index contributed by atoms with van der Waals surface area (Å²) in [5, 5.41) is 0. The fourth-order valence-electron chi connectivity index (χ4n) is 11.8. The molecule has 4 fully saturated rings. The van der Waals surface area contributed by atoms with Gasteiger partial charge in [0, 0.05) is 19.3 Å². The van der Waals surface area contributed by atoms with E-state index in [2.05, 4.69) is 61.5 Å².